The summed E-state index contributed by atoms with van der Waals surface area (Å²) in [6, 6.07) is 14.6. The maximum atomic E-state index is 12.2. The molecule has 0 aliphatic carbocycles. The van der Waals surface area contributed by atoms with Gasteiger partial charge in [-0.05, 0) is 43.3 Å². The van der Waals surface area contributed by atoms with Crippen LogP contribution in [0.5, 0.6) is 5.75 Å². The standard InChI is InChI=1S/C16H13ClN2O2S/c1-10(21-12-8-6-11(17)7-9-12)15(20)19-16-18-13-4-2-3-5-14(13)22-16/h2-10H,1H3,(H,18,19,20). The minimum atomic E-state index is -0.631. The molecule has 0 spiro atoms. The second kappa shape index (κ2) is 6.34. The lowest BCUT2D eigenvalue weighted by atomic mass is 10.3. The number of carbonyl (C=O) groups is 1. The molecule has 1 N–H and O–H groups in total. The van der Waals surface area contributed by atoms with Crippen molar-refractivity contribution in [1.29, 1.82) is 0 Å². The second-order valence-corrected chi connectivity index (χ2v) is 6.16. The molecule has 0 aliphatic rings. The molecular formula is C16H13ClN2O2S. The van der Waals surface area contributed by atoms with Crippen LogP contribution in [0.15, 0.2) is 48.5 Å². The maximum absolute atomic E-state index is 12.2. The zero-order valence-corrected chi connectivity index (χ0v) is 13.3. The van der Waals surface area contributed by atoms with E-state index in [0.717, 1.165) is 10.2 Å². The van der Waals surface area contributed by atoms with Gasteiger partial charge in [-0.25, -0.2) is 4.98 Å². The lowest BCUT2D eigenvalue weighted by molar-refractivity contribution is -0.122. The van der Waals surface area contributed by atoms with Crippen molar-refractivity contribution in [3.63, 3.8) is 0 Å². The van der Waals surface area contributed by atoms with Gasteiger partial charge in [0, 0.05) is 5.02 Å². The van der Waals surface area contributed by atoms with Crippen LogP contribution in [0.4, 0.5) is 5.13 Å². The highest BCUT2D eigenvalue weighted by Crippen LogP contribution is 2.25. The first-order valence-electron chi connectivity index (χ1n) is 6.70. The number of carbonyl (C=O) groups excluding carboxylic acids is 1. The average Bonchev–Trinajstić information content (AvgIpc) is 2.91. The van der Waals surface area contributed by atoms with Gasteiger partial charge in [0.05, 0.1) is 10.2 Å². The number of fused-ring (bicyclic) bond motifs is 1. The van der Waals surface area contributed by atoms with Gasteiger partial charge in [-0.1, -0.05) is 35.1 Å². The molecule has 0 bridgehead atoms. The molecule has 0 saturated carbocycles. The zero-order chi connectivity index (χ0) is 15.5. The quantitative estimate of drug-likeness (QED) is 0.772. The van der Waals surface area contributed by atoms with E-state index in [0.29, 0.717) is 15.9 Å². The molecule has 0 saturated heterocycles. The third kappa shape index (κ3) is 3.37. The van der Waals surface area contributed by atoms with Crippen LogP contribution in [-0.2, 0) is 4.79 Å². The fourth-order valence-corrected chi connectivity index (χ4v) is 2.90. The van der Waals surface area contributed by atoms with Gasteiger partial charge in [0.25, 0.3) is 5.91 Å². The molecule has 1 atom stereocenters. The van der Waals surface area contributed by atoms with Crippen LogP contribution >= 0.6 is 22.9 Å². The van der Waals surface area contributed by atoms with Crippen molar-refractivity contribution in [2.75, 3.05) is 5.32 Å². The predicted octanol–water partition coefficient (Wildman–Crippen LogP) is 4.36. The van der Waals surface area contributed by atoms with Gasteiger partial charge >= 0.3 is 0 Å². The fourth-order valence-electron chi connectivity index (χ4n) is 1.90. The Bertz CT molecular complexity index is 768. The summed E-state index contributed by atoms with van der Waals surface area (Å²) in [5.74, 6) is 0.352. The van der Waals surface area contributed by atoms with Gasteiger partial charge in [-0.3, -0.25) is 10.1 Å². The summed E-state index contributed by atoms with van der Waals surface area (Å²) in [7, 11) is 0. The van der Waals surface area contributed by atoms with Gasteiger partial charge < -0.3 is 4.74 Å². The van der Waals surface area contributed by atoms with Crippen LogP contribution in [0, 0.1) is 0 Å². The van der Waals surface area contributed by atoms with Crippen LogP contribution in [0.25, 0.3) is 10.2 Å². The molecule has 22 heavy (non-hydrogen) atoms. The number of para-hydroxylation sites is 1. The Hall–Kier alpha value is -2.11. The Morgan fingerprint density at radius 3 is 2.68 bits per heavy atom. The molecule has 0 fully saturated rings. The predicted molar refractivity (Wildman–Crippen MR) is 89.8 cm³/mol. The van der Waals surface area contributed by atoms with Gasteiger partial charge in [0.2, 0.25) is 0 Å². The van der Waals surface area contributed by atoms with Crippen LogP contribution in [0.1, 0.15) is 6.92 Å². The number of amides is 1. The first-order valence-corrected chi connectivity index (χ1v) is 7.90. The fraction of sp³-hybridized carbons (Fsp3) is 0.125. The lowest BCUT2D eigenvalue weighted by Gasteiger charge is -2.13. The summed E-state index contributed by atoms with van der Waals surface area (Å²) in [5.41, 5.74) is 0.870. The third-order valence-electron chi connectivity index (χ3n) is 3.02. The van der Waals surface area contributed by atoms with Crippen molar-refractivity contribution in [1.82, 2.24) is 4.98 Å². The minimum absolute atomic E-state index is 0.242. The largest absolute Gasteiger partial charge is 0.481 e. The summed E-state index contributed by atoms with van der Waals surface area (Å²) in [6.45, 7) is 1.69. The van der Waals surface area contributed by atoms with Crippen LogP contribution < -0.4 is 10.1 Å². The van der Waals surface area contributed by atoms with E-state index in [2.05, 4.69) is 10.3 Å². The van der Waals surface area contributed by atoms with Crippen molar-refractivity contribution < 1.29 is 9.53 Å². The van der Waals surface area contributed by atoms with E-state index < -0.39 is 6.10 Å². The summed E-state index contributed by atoms with van der Waals surface area (Å²) >= 11 is 7.25. The van der Waals surface area contributed by atoms with Crippen molar-refractivity contribution in [2.24, 2.45) is 0 Å². The summed E-state index contributed by atoms with van der Waals surface area (Å²) in [6.07, 6.45) is -0.631. The number of rotatable bonds is 4. The van der Waals surface area contributed by atoms with E-state index in [4.69, 9.17) is 16.3 Å². The van der Waals surface area contributed by atoms with Crippen molar-refractivity contribution in [3.05, 3.63) is 53.6 Å². The highest BCUT2D eigenvalue weighted by molar-refractivity contribution is 7.22. The molecule has 112 valence electrons. The number of halogens is 1. The van der Waals surface area contributed by atoms with E-state index in [9.17, 15) is 4.79 Å². The molecular weight excluding hydrogens is 320 g/mol. The number of hydrogen-bond donors (Lipinski definition) is 1. The number of nitrogens with one attached hydrogen (secondary N) is 1. The molecule has 2 aromatic carbocycles. The normalized spacial score (nSPS) is 12.1. The Labute approximate surface area is 136 Å². The second-order valence-electron chi connectivity index (χ2n) is 4.69. The molecule has 1 heterocycles. The molecule has 3 aromatic rings. The zero-order valence-electron chi connectivity index (χ0n) is 11.7. The first kappa shape index (κ1) is 14.8. The van der Waals surface area contributed by atoms with E-state index in [1.54, 1.807) is 31.2 Å². The van der Waals surface area contributed by atoms with Gasteiger partial charge in [-0.15, -0.1) is 0 Å². The van der Waals surface area contributed by atoms with Crippen LogP contribution in [-0.4, -0.2) is 17.0 Å². The van der Waals surface area contributed by atoms with Crippen molar-refractivity contribution in [2.45, 2.75) is 13.0 Å². The number of nitrogens with zero attached hydrogens (tertiary/aromatic N) is 1. The molecule has 6 heteroatoms. The number of hydrogen-bond acceptors (Lipinski definition) is 4. The van der Waals surface area contributed by atoms with E-state index in [-0.39, 0.29) is 5.91 Å². The molecule has 1 amide bonds. The maximum Gasteiger partial charge on any atom is 0.266 e. The Morgan fingerprint density at radius 1 is 1.23 bits per heavy atom. The summed E-state index contributed by atoms with van der Waals surface area (Å²) in [4.78, 5) is 16.5. The molecule has 3 rings (SSSR count). The van der Waals surface area contributed by atoms with Crippen LogP contribution in [0.3, 0.4) is 0 Å². The number of ether oxygens (including phenoxy) is 1. The summed E-state index contributed by atoms with van der Waals surface area (Å²) < 4.78 is 6.62. The Balaban J connectivity index is 1.66. The lowest BCUT2D eigenvalue weighted by Crippen LogP contribution is -2.30. The average molecular weight is 333 g/mol. The minimum Gasteiger partial charge on any atom is -0.481 e. The molecule has 0 aliphatic heterocycles. The van der Waals surface area contributed by atoms with Gasteiger partial charge in [0.1, 0.15) is 5.75 Å². The van der Waals surface area contributed by atoms with Crippen LogP contribution in [0.2, 0.25) is 5.02 Å². The van der Waals surface area contributed by atoms with Crippen molar-refractivity contribution in [3.8, 4) is 5.75 Å². The molecule has 4 nitrogen and oxygen atoms in total. The number of aromatic nitrogens is 1. The van der Waals surface area contributed by atoms with Crippen molar-refractivity contribution >= 4 is 44.2 Å². The molecule has 0 radical (unpaired) electrons. The number of anilines is 1. The van der Waals surface area contributed by atoms with Gasteiger partial charge in [-0.2, -0.15) is 0 Å². The topological polar surface area (TPSA) is 51.2 Å². The monoisotopic (exact) mass is 332 g/mol. The third-order valence-corrected chi connectivity index (χ3v) is 4.22. The smallest absolute Gasteiger partial charge is 0.266 e. The number of thiazole rings is 1. The van der Waals surface area contributed by atoms with E-state index in [1.807, 2.05) is 24.3 Å². The van der Waals surface area contributed by atoms with E-state index in [1.165, 1.54) is 11.3 Å². The van der Waals surface area contributed by atoms with Gasteiger partial charge in [0.15, 0.2) is 11.2 Å². The molecule has 1 aromatic heterocycles. The Morgan fingerprint density at radius 2 is 1.95 bits per heavy atom. The highest BCUT2D eigenvalue weighted by atomic mass is 35.5. The van der Waals surface area contributed by atoms with E-state index >= 15 is 0 Å². The summed E-state index contributed by atoms with van der Waals surface area (Å²) in [5, 5.41) is 3.97. The Kier molecular flexibility index (Phi) is 4.27. The first-order chi connectivity index (χ1) is 10.6. The highest BCUT2D eigenvalue weighted by Gasteiger charge is 2.16. The number of benzene rings is 2. The molecule has 1 unspecified atom stereocenters. The SMILES string of the molecule is CC(Oc1ccc(Cl)cc1)C(=O)Nc1nc2ccccc2s1.